The Bertz CT molecular complexity index is 848. The number of aromatic nitrogens is 4. The summed E-state index contributed by atoms with van der Waals surface area (Å²) >= 11 is 7.74. The fourth-order valence-electron chi connectivity index (χ4n) is 2.97. The Kier molecular flexibility index (Phi) is 5.53. The Hall–Kier alpha value is -1.89. The van der Waals surface area contributed by atoms with E-state index in [9.17, 15) is 0 Å². The maximum atomic E-state index is 6.06. The Morgan fingerprint density at radius 1 is 1.15 bits per heavy atom. The number of halogens is 1. The topological polar surface area (TPSA) is 52.8 Å². The van der Waals surface area contributed by atoms with Crippen LogP contribution in [0, 0.1) is 0 Å². The number of hydrogen-bond donors (Lipinski definition) is 0. The minimum atomic E-state index is 0.283. The Labute approximate surface area is 161 Å². The molecule has 1 aliphatic heterocycles. The minimum Gasteiger partial charge on any atom is -0.377 e. The van der Waals surface area contributed by atoms with Crippen molar-refractivity contribution in [2.75, 3.05) is 12.4 Å². The molecule has 0 amide bonds. The molecule has 1 saturated heterocycles. The zero-order valence-electron chi connectivity index (χ0n) is 14.2. The van der Waals surface area contributed by atoms with Crippen LogP contribution >= 0.6 is 23.4 Å². The summed E-state index contributed by atoms with van der Waals surface area (Å²) in [6.45, 7) is 0.857. The van der Waals surface area contributed by atoms with Gasteiger partial charge >= 0.3 is 0 Å². The molecule has 0 unspecified atom stereocenters. The van der Waals surface area contributed by atoms with Gasteiger partial charge in [0.15, 0.2) is 11.0 Å². The Morgan fingerprint density at radius 3 is 2.77 bits per heavy atom. The van der Waals surface area contributed by atoms with Gasteiger partial charge in [0, 0.05) is 41.0 Å². The molecule has 0 aliphatic carbocycles. The lowest BCUT2D eigenvalue weighted by molar-refractivity contribution is 0.0315. The SMILES string of the molecule is Clc1ccc(-n2c(SC[C@@H]3CCCCO3)nnc2-c2cccnc2)cc1. The highest BCUT2D eigenvalue weighted by Gasteiger charge is 2.19. The second-order valence-electron chi connectivity index (χ2n) is 6.16. The van der Waals surface area contributed by atoms with Gasteiger partial charge in [-0.25, -0.2) is 0 Å². The number of thioether (sulfide) groups is 1. The van der Waals surface area contributed by atoms with Crippen LogP contribution in [0.1, 0.15) is 19.3 Å². The third kappa shape index (κ3) is 3.92. The molecule has 0 radical (unpaired) electrons. The van der Waals surface area contributed by atoms with Crippen LogP contribution in [-0.2, 0) is 4.74 Å². The van der Waals surface area contributed by atoms with Gasteiger partial charge in [-0.05, 0) is 55.7 Å². The van der Waals surface area contributed by atoms with E-state index in [0.717, 1.165) is 47.4 Å². The summed E-state index contributed by atoms with van der Waals surface area (Å²) in [5.74, 6) is 1.64. The van der Waals surface area contributed by atoms with E-state index >= 15 is 0 Å². The normalized spacial score (nSPS) is 17.3. The molecule has 2 aromatic heterocycles. The summed E-state index contributed by atoms with van der Waals surface area (Å²) in [6.07, 6.45) is 7.34. The van der Waals surface area contributed by atoms with Crippen molar-refractivity contribution in [3.63, 3.8) is 0 Å². The van der Waals surface area contributed by atoms with Gasteiger partial charge in [-0.15, -0.1) is 10.2 Å². The first kappa shape index (κ1) is 17.5. The molecule has 0 bridgehead atoms. The number of nitrogens with zero attached hydrogens (tertiary/aromatic N) is 4. The summed E-state index contributed by atoms with van der Waals surface area (Å²) in [6, 6.07) is 11.6. The van der Waals surface area contributed by atoms with Crippen molar-refractivity contribution in [1.29, 1.82) is 0 Å². The smallest absolute Gasteiger partial charge is 0.196 e. The lowest BCUT2D eigenvalue weighted by atomic mass is 10.1. The molecule has 1 aliphatic rings. The highest BCUT2D eigenvalue weighted by molar-refractivity contribution is 7.99. The van der Waals surface area contributed by atoms with E-state index in [2.05, 4.69) is 19.7 Å². The van der Waals surface area contributed by atoms with Crippen LogP contribution in [-0.4, -0.2) is 38.2 Å². The standard InChI is InChI=1S/C19H19ClN4OS/c20-15-6-8-16(9-7-15)24-18(14-4-3-10-21-12-14)22-23-19(24)26-13-17-5-1-2-11-25-17/h3-4,6-10,12,17H,1-2,5,11,13H2/t17-/m0/s1. The molecule has 26 heavy (non-hydrogen) atoms. The van der Waals surface area contributed by atoms with Gasteiger partial charge in [0.25, 0.3) is 0 Å². The second kappa shape index (κ2) is 8.20. The summed E-state index contributed by atoms with van der Waals surface area (Å²) in [5, 5.41) is 10.4. The molecule has 7 heteroatoms. The van der Waals surface area contributed by atoms with Crippen molar-refractivity contribution < 1.29 is 4.74 Å². The van der Waals surface area contributed by atoms with Crippen molar-refractivity contribution in [2.45, 2.75) is 30.5 Å². The van der Waals surface area contributed by atoms with Crippen LogP contribution in [0.15, 0.2) is 53.9 Å². The first-order chi connectivity index (χ1) is 12.8. The zero-order chi connectivity index (χ0) is 17.8. The summed E-state index contributed by atoms with van der Waals surface area (Å²) in [7, 11) is 0. The predicted octanol–water partition coefficient (Wildman–Crippen LogP) is 4.64. The van der Waals surface area contributed by atoms with Crippen molar-refractivity contribution in [1.82, 2.24) is 19.7 Å². The zero-order valence-corrected chi connectivity index (χ0v) is 15.8. The van der Waals surface area contributed by atoms with Gasteiger partial charge in [-0.1, -0.05) is 23.4 Å². The fourth-order valence-corrected chi connectivity index (χ4v) is 4.12. The van der Waals surface area contributed by atoms with Gasteiger partial charge < -0.3 is 4.74 Å². The Morgan fingerprint density at radius 2 is 2.04 bits per heavy atom. The van der Waals surface area contributed by atoms with Gasteiger partial charge in [0.05, 0.1) is 6.10 Å². The van der Waals surface area contributed by atoms with E-state index in [-0.39, 0.29) is 6.10 Å². The molecule has 1 atom stereocenters. The second-order valence-corrected chi connectivity index (χ2v) is 7.58. The van der Waals surface area contributed by atoms with Crippen molar-refractivity contribution >= 4 is 23.4 Å². The van der Waals surface area contributed by atoms with Crippen molar-refractivity contribution in [2.24, 2.45) is 0 Å². The number of ether oxygens (including phenoxy) is 1. The third-order valence-corrected chi connectivity index (χ3v) is 5.62. The first-order valence-corrected chi connectivity index (χ1v) is 10.0. The molecule has 1 aromatic carbocycles. The van der Waals surface area contributed by atoms with Crippen molar-refractivity contribution in [3.05, 3.63) is 53.8 Å². The molecule has 134 valence electrons. The van der Waals surface area contributed by atoms with Crippen LogP contribution in [0.4, 0.5) is 0 Å². The molecule has 1 fully saturated rings. The summed E-state index contributed by atoms with van der Waals surface area (Å²) in [5.41, 5.74) is 1.90. The highest BCUT2D eigenvalue weighted by atomic mass is 35.5. The van der Waals surface area contributed by atoms with Gasteiger partial charge in [0.1, 0.15) is 0 Å². The van der Waals surface area contributed by atoms with Crippen LogP contribution in [0.2, 0.25) is 5.02 Å². The molecule has 0 spiro atoms. The minimum absolute atomic E-state index is 0.283. The number of benzene rings is 1. The fraction of sp³-hybridized carbons (Fsp3) is 0.316. The molecule has 0 N–H and O–H groups in total. The predicted molar refractivity (Wildman–Crippen MR) is 104 cm³/mol. The average molecular weight is 387 g/mol. The number of hydrogen-bond acceptors (Lipinski definition) is 5. The maximum absolute atomic E-state index is 6.06. The largest absolute Gasteiger partial charge is 0.377 e. The first-order valence-electron chi connectivity index (χ1n) is 8.67. The van der Waals surface area contributed by atoms with Crippen molar-refractivity contribution in [3.8, 4) is 17.1 Å². The molecule has 0 saturated carbocycles. The summed E-state index contributed by atoms with van der Waals surface area (Å²) < 4.78 is 7.90. The summed E-state index contributed by atoms with van der Waals surface area (Å²) in [4.78, 5) is 4.21. The quantitative estimate of drug-likeness (QED) is 0.597. The molecular weight excluding hydrogens is 368 g/mol. The molecule has 5 nitrogen and oxygen atoms in total. The Balaban J connectivity index is 1.67. The number of pyridine rings is 1. The third-order valence-electron chi connectivity index (χ3n) is 4.31. The number of rotatable bonds is 5. The van der Waals surface area contributed by atoms with Gasteiger partial charge in [-0.3, -0.25) is 9.55 Å². The van der Waals surface area contributed by atoms with E-state index < -0.39 is 0 Å². The van der Waals surface area contributed by atoms with E-state index in [1.54, 1.807) is 24.2 Å². The highest BCUT2D eigenvalue weighted by Crippen LogP contribution is 2.29. The molecule has 3 aromatic rings. The average Bonchev–Trinajstić information content (AvgIpc) is 3.12. The molecule has 4 rings (SSSR count). The maximum Gasteiger partial charge on any atom is 0.196 e. The van der Waals surface area contributed by atoms with Crippen LogP contribution < -0.4 is 0 Å². The lowest BCUT2D eigenvalue weighted by Gasteiger charge is -2.22. The van der Waals surface area contributed by atoms with E-state index in [1.165, 1.54) is 6.42 Å². The van der Waals surface area contributed by atoms with Crippen LogP contribution in [0.3, 0.4) is 0 Å². The van der Waals surface area contributed by atoms with Crippen LogP contribution in [0.5, 0.6) is 0 Å². The molecule has 3 heterocycles. The van der Waals surface area contributed by atoms with E-state index in [1.807, 2.05) is 36.4 Å². The van der Waals surface area contributed by atoms with E-state index in [0.29, 0.717) is 5.02 Å². The molecular formula is C19H19ClN4OS. The monoisotopic (exact) mass is 386 g/mol. The van der Waals surface area contributed by atoms with Gasteiger partial charge in [0.2, 0.25) is 0 Å². The van der Waals surface area contributed by atoms with Gasteiger partial charge in [-0.2, -0.15) is 0 Å². The van der Waals surface area contributed by atoms with E-state index in [4.69, 9.17) is 16.3 Å². The lowest BCUT2D eigenvalue weighted by Crippen LogP contribution is -2.21. The van der Waals surface area contributed by atoms with Crippen LogP contribution in [0.25, 0.3) is 17.1 Å².